The van der Waals surface area contributed by atoms with Gasteiger partial charge in [-0.25, -0.2) is 0 Å². The third-order valence-electron chi connectivity index (χ3n) is 5.28. The second-order valence-electron chi connectivity index (χ2n) is 7.38. The predicted octanol–water partition coefficient (Wildman–Crippen LogP) is 3.08. The summed E-state index contributed by atoms with van der Waals surface area (Å²) in [5.74, 6) is 2.42. The topological polar surface area (TPSA) is 58.4 Å². The van der Waals surface area contributed by atoms with E-state index >= 15 is 0 Å². The molecule has 1 saturated carbocycles. The van der Waals surface area contributed by atoms with Gasteiger partial charge in [-0.2, -0.15) is 11.8 Å². The minimum atomic E-state index is -0.384. The first-order valence-corrected chi connectivity index (χ1v) is 10.2. The molecule has 5 heteroatoms. The van der Waals surface area contributed by atoms with E-state index in [1.54, 1.807) is 0 Å². The molecule has 0 radical (unpaired) electrons. The van der Waals surface area contributed by atoms with Crippen LogP contribution >= 0.6 is 11.8 Å². The van der Waals surface area contributed by atoms with Gasteiger partial charge in [0.2, 0.25) is 5.91 Å². The number of carbonyl (C=O) groups excluding carboxylic acids is 1. The van der Waals surface area contributed by atoms with Gasteiger partial charge >= 0.3 is 0 Å². The van der Waals surface area contributed by atoms with Gasteiger partial charge in [-0.1, -0.05) is 25.0 Å². The van der Waals surface area contributed by atoms with Crippen LogP contribution in [0.3, 0.4) is 0 Å². The molecule has 0 aromatic heterocycles. The van der Waals surface area contributed by atoms with Crippen LogP contribution < -0.4 is 11.1 Å². The van der Waals surface area contributed by atoms with Crippen LogP contribution in [-0.2, 0) is 11.3 Å². The third kappa shape index (κ3) is 4.52. The van der Waals surface area contributed by atoms with Crippen LogP contribution in [0.5, 0.6) is 0 Å². The first-order valence-electron chi connectivity index (χ1n) is 9.03. The average molecular weight is 348 g/mol. The highest BCUT2D eigenvalue weighted by atomic mass is 32.2. The summed E-state index contributed by atoms with van der Waals surface area (Å²) >= 11 is 2.03. The zero-order valence-corrected chi connectivity index (χ0v) is 15.4. The van der Waals surface area contributed by atoms with E-state index in [-0.39, 0.29) is 17.4 Å². The van der Waals surface area contributed by atoms with Crippen molar-refractivity contribution in [2.24, 2.45) is 11.7 Å². The number of hydrogen-bond donors (Lipinski definition) is 2. The van der Waals surface area contributed by atoms with Crippen LogP contribution in [0.2, 0.25) is 0 Å². The van der Waals surface area contributed by atoms with E-state index in [0.29, 0.717) is 0 Å². The average Bonchev–Trinajstić information content (AvgIpc) is 2.55. The number of anilines is 1. The predicted molar refractivity (Wildman–Crippen MR) is 102 cm³/mol. The van der Waals surface area contributed by atoms with E-state index in [1.165, 1.54) is 17.1 Å². The Morgan fingerprint density at radius 3 is 2.92 bits per heavy atom. The monoisotopic (exact) mass is 347 g/mol. The van der Waals surface area contributed by atoms with Crippen molar-refractivity contribution in [1.29, 1.82) is 0 Å². The number of amides is 1. The van der Waals surface area contributed by atoms with Gasteiger partial charge in [0, 0.05) is 42.4 Å². The van der Waals surface area contributed by atoms with Crippen molar-refractivity contribution >= 4 is 23.4 Å². The molecule has 1 aromatic carbocycles. The number of nitrogens with one attached hydrogen (secondary N) is 1. The maximum absolute atomic E-state index is 12.7. The molecule has 1 aromatic rings. The second kappa shape index (κ2) is 7.89. The maximum atomic E-state index is 12.7. The number of hydrogen-bond acceptors (Lipinski definition) is 4. The maximum Gasteiger partial charge on any atom is 0.229 e. The Bertz CT molecular complexity index is 569. The largest absolute Gasteiger partial charge is 0.326 e. The highest BCUT2D eigenvalue weighted by Gasteiger charge is 2.37. The molecular weight excluding hydrogens is 318 g/mol. The smallest absolute Gasteiger partial charge is 0.229 e. The molecule has 2 fully saturated rings. The number of carbonyl (C=O) groups is 1. The molecule has 1 aliphatic carbocycles. The molecule has 132 valence electrons. The normalized spacial score (nSPS) is 28.5. The van der Waals surface area contributed by atoms with Crippen molar-refractivity contribution in [2.45, 2.75) is 44.7 Å². The van der Waals surface area contributed by atoms with Crippen LogP contribution in [0.4, 0.5) is 5.69 Å². The highest BCUT2D eigenvalue weighted by molar-refractivity contribution is 7.99. The number of nitrogens with two attached hydrogens (primary N) is 1. The summed E-state index contributed by atoms with van der Waals surface area (Å²) in [7, 11) is 0. The lowest BCUT2D eigenvalue weighted by Crippen LogP contribution is -2.51. The summed E-state index contributed by atoms with van der Waals surface area (Å²) in [6.45, 7) is 5.27. The third-order valence-corrected chi connectivity index (χ3v) is 6.22. The zero-order valence-electron chi connectivity index (χ0n) is 14.6. The summed E-state index contributed by atoms with van der Waals surface area (Å²) < 4.78 is 0. The summed E-state index contributed by atoms with van der Waals surface area (Å²) in [4.78, 5) is 15.2. The molecule has 1 aliphatic heterocycles. The van der Waals surface area contributed by atoms with Crippen LogP contribution in [0.25, 0.3) is 0 Å². The van der Waals surface area contributed by atoms with Gasteiger partial charge in [-0.3, -0.25) is 9.69 Å². The van der Waals surface area contributed by atoms with Crippen molar-refractivity contribution in [1.82, 2.24) is 4.90 Å². The van der Waals surface area contributed by atoms with Gasteiger partial charge in [0.05, 0.1) is 5.92 Å². The lowest BCUT2D eigenvalue weighted by molar-refractivity contribution is -0.122. The molecule has 0 bridgehead atoms. The van der Waals surface area contributed by atoms with E-state index in [9.17, 15) is 4.79 Å². The summed E-state index contributed by atoms with van der Waals surface area (Å²) in [5, 5.41) is 3.10. The number of nitrogens with zero attached hydrogens (tertiary/aromatic N) is 1. The molecule has 1 heterocycles. The first kappa shape index (κ1) is 17.8. The molecule has 3 N–H and O–H groups in total. The summed E-state index contributed by atoms with van der Waals surface area (Å²) in [5.41, 5.74) is 8.13. The molecule has 3 rings (SSSR count). The Labute approximate surface area is 149 Å². The van der Waals surface area contributed by atoms with E-state index < -0.39 is 0 Å². The Balaban J connectivity index is 1.62. The molecule has 24 heavy (non-hydrogen) atoms. The van der Waals surface area contributed by atoms with Crippen molar-refractivity contribution in [3.8, 4) is 0 Å². The van der Waals surface area contributed by atoms with Gasteiger partial charge in [0.1, 0.15) is 0 Å². The molecule has 2 aliphatic rings. The van der Waals surface area contributed by atoms with E-state index in [2.05, 4.69) is 22.3 Å². The van der Waals surface area contributed by atoms with Crippen molar-refractivity contribution in [3.05, 3.63) is 29.8 Å². The SMILES string of the molecule is CC1(N)CCCCC1C(=O)Nc1cccc(CN2CCSCC2)c1. The summed E-state index contributed by atoms with van der Waals surface area (Å²) in [6.07, 6.45) is 4.04. The first-order chi connectivity index (χ1) is 11.5. The molecule has 4 nitrogen and oxygen atoms in total. The molecule has 2 atom stereocenters. The Hall–Kier alpha value is -1.04. The number of benzene rings is 1. The molecule has 2 unspecified atom stereocenters. The Kier molecular flexibility index (Phi) is 5.85. The summed E-state index contributed by atoms with van der Waals surface area (Å²) in [6, 6.07) is 8.26. The zero-order chi connectivity index (χ0) is 17.0. The molecule has 0 spiro atoms. The minimum absolute atomic E-state index is 0.0752. The van der Waals surface area contributed by atoms with Gasteiger partial charge in [0.15, 0.2) is 0 Å². The fourth-order valence-electron chi connectivity index (χ4n) is 3.78. The van der Waals surface area contributed by atoms with Crippen LogP contribution in [-0.4, -0.2) is 40.9 Å². The van der Waals surface area contributed by atoms with Crippen LogP contribution in [0, 0.1) is 5.92 Å². The van der Waals surface area contributed by atoms with E-state index in [1.807, 2.05) is 30.8 Å². The lowest BCUT2D eigenvalue weighted by Gasteiger charge is -2.37. The van der Waals surface area contributed by atoms with Gasteiger partial charge in [-0.05, 0) is 37.5 Å². The lowest BCUT2D eigenvalue weighted by atomic mass is 9.74. The van der Waals surface area contributed by atoms with Gasteiger partial charge in [-0.15, -0.1) is 0 Å². The number of rotatable bonds is 4. The second-order valence-corrected chi connectivity index (χ2v) is 8.61. The van der Waals surface area contributed by atoms with E-state index in [0.717, 1.165) is 51.0 Å². The fraction of sp³-hybridized carbons (Fsp3) is 0.632. The van der Waals surface area contributed by atoms with Crippen molar-refractivity contribution in [3.63, 3.8) is 0 Å². The van der Waals surface area contributed by atoms with Crippen LogP contribution in [0.15, 0.2) is 24.3 Å². The fourth-order valence-corrected chi connectivity index (χ4v) is 4.76. The number of thioether (sulfide) groups is 1. The Morgan fingerprint density at radius 1 is 1.38 bits per heavy atom. The van der Waals surface area contributed by atoms with Gasteiger partial charge in [0.25, 0.3) is 0 Å². The van der Waals surface area contributed by atoms with Crippen molar-refractivity contribution in [2.75, 3.05) is 29.9 Å². The molecule has 1 amide bonds. The van der Waals surface area contributed by atoms with Gasteiger partial charge < -0.3 is 11.1 Å². The van der Waals surface area contributed by atoms with E-state index in [4.69, 9.17) is 5.73 Å². The molecular formula is C19H29N3OS. The van der Waals surface area contributed by atoms with Crippen molar-refractivity contribution < 1.29 is 4.79 Å². The quantitative estimate of drug-likeness (QED) is 0.879. The standard InChI is InChI=1S/C19H29N3OS/c1-19(20)8-3-2-7-17(19)18(23)21-16-6-4-5-15(13-16)14-22-9-11-24-12-10-22/h4-6,13,17H,2-3,7-12,14,20H2,1H3,(H,21,23). The minimum Gasteiger partial charge on any atom is -0.326 e. The molecule has 1 saturated heterocycles. The Morgan fingerprint density at radius 2 is 2.17 bits per heavy atom. The highest BCUT2D eigenvalue weighted by Crippen LogP contribution is 2.32. The van der Waals surface area contributed by atoms with Crippen LogP contribution in [0.1, 0.15) is 38.2 Å².